The average molecular weight is 469 g/mol. The number of nitrogens with one attached hydrogen (secondary N) is 1. The van der Waals surface area contributed by atoms with Crippen LogP contribution >= 0.6 is 0 Å². The van der Waals surface area contributed by atoms with Gasteiger partial charge in [-0.05, 0) is 73.5 Å². The highest BCUT2D eigenvalue weighted by atomic mass is 19.1. The van der Waals surface area contributed by atoms with Crippen LogP contribution in [-0.4, -0.2) is 21.9 Å². The predicted molar refractivity (Wildman–Crippen MR) is 128 cm³/mol. The van der Waals surface area contributed by atoms with Crippen LogP contribution in [0.25, 0.3) is 44.3 Å². The molecule has 172 valence electrons. The number of amides is 1. The van der Waals surface area contributed by atoms with E-state index >= 15 is 0 Å². The van der Waals surface area contributed by atoms with Gasteiger partial charge in [-0.25, -0.2) is 23.1 Å². The zero-order valence-corrected chi connectivity index (χ0v) is 18.4. The van der Waals surface area contributed by atoms with Gasteiger partial charge < -0.3 is 5.32 Å². The van der Waals surface area contributed by atoms with E-state index in [-0.39, 0.29) is 17.5 Å². The third-order valence-electron chi connectivity index (χ3n) is 6.09. The van der Waals surface area contributed by atoms with Gasteiger partial charge in [0.25, 0.3) is 5.91 Å². The van der Waals surface area contributed by atoms with Crippen molar-refractivity contribution in [3.05, 3.63) is 95.8 Å². The van der Waals surface area contributed by atoms with Crippen LogP contribution in [0, 0.1) is 17.5 Å². The first kappa shape index (κ1) is 21.3. The molecule has 2 aromatic heterocycles. The highest BCUT2D eigenvalue weighted by molar-refractivity contribution is 6.08. The van der Waals surface area contributed by atoms with Crippen molar-refractivity contribution in [3.63, 3.8) is 0 Å². The minimum atomic E-state index is -0.475. The number of carbonyl (C=O) groups excluding carboxylic acids is 1. The molecule has 0 atom stereocenters. The molecule has 3 aromatic carbocycles. The van der Waals surface area contributed by atoms with Crippen LogP contribution in [0.2, 0.25) is 0 Å². The van der Waals surface area contributed by atoms with Crippen molar-refractivity contribution in [1.29, 1.82) is 0 Å². The standard InChI is InChI=1S/C28H18F3N3O/c29-16-3-1-2-15(10-16)26-13-22(20-11-17(30)4-8-24(20)33-26)27-14-23(28(35)32-19-6-7-19)21-12-18(31)5-9-25(21)34-27/h1-5,8-14,19H,6-7H2,(H,32,35). The van der Waals surface area contributed by atoms with Crippen molar-refractivity contribution in [2.45, 2.75) is 18.9 Å². The van der Waals surface area contributed by atoms with Gasteiger partial charge in [0.15, 0.2) is 0 Å². The van der Waals surface area contributed by atoms with Gasteiger partial charge in [0.2, 0.25) is 0 Å². The van der Waals surface area contributed by atoms with Crippen molar-refractivity contribution in [1.82, 2.24) is 15.3 Å². The van der Waals surface area contributed by atoms with Crippen molar-refractivity contribution in [2.75, 3.05) is 0 Å². The lowest BCUT2D eigenvalue weighted by Crippen LogP contribution is -2.25. The molecule has 0 aliphatic heterocycles. The Morgan fingerprint density at radius 2 is 1.40 bits per heavy atom. The number of hydrogen-bond donors (Lipinski definition) is 1. The second-order valence-electron chi connectivity index (χ2n) is 8.69. The highest BCUT2D eigenvalue weighted by Crippen LogP contribution is 2.34. The van der Waals surface area contributed by atoms with Gasteiger partial charge in [0, 0.05) is 27.9 Å². The summed E-state index contributed by atoms with van der Waals surface area (Å²) in [6.45, 7) is 0. The van der Waals surface area contributed by atoms with Gasteiger partial charge in [-0.1, -0.05) is 12.1 Å². The summed E-state index contributed by atoms with van der Waals surface area (Å²) in [6.07, 6.45) is 1.81. The Bertz CT molecular complexity index is 1650. The van der Waals surface area contributed by atoms with E-state index in [1.165, 1.54) is 42.5 Å². The number of hydrogen-bond acceptors (Lipinski definition) is 3. The number of benzene rings is 3. The molecule has 1 saturated carbocycles. The smallest absolute Gasteiger partial charge is 0.252 e. The fourth-order valence-electron chi connectivity index (χ4n) is 4.22. The lowest BCUT2D eigenvalue weighted by Gasteiger charge is -2.13. The summed E-state index contributed by atoms with van der Waals surface area (Å²) in [5.74, 6) is -1.65. The first-order chi connectivity index (χ1) is 16.9. The van der Waals surface area contributed by atoms with E-state index in [0.717, 1.165) is 12.8 Å². The largest absolute Gasteiger partial charge is 0.349 e. The van der Waals surface area contributed by atoms with Crippen LogP contribution in [0.3, 0.4) is 0 Å². The van der Waals surface area contributed by atoms with Crippen molar-refractivity contribution >= 4 is 27.7 Å². The molecular formula is C28H18F3N3O. The molecule has 1 aliphatic carbocycles. The highest BCUT2D eigenvalue weighted by Gasteiger charge is 2.25. The predicted octanol–water partition coefficient (Wildman–Crippen LogP) is 6.43. The third kappa shape index (κ3) is 4.10. The maximum absolute atomic E-state index is 14.3. The molecule has 0 saturated heterocycles. The zero-order valence-electron chi connectivity index (χ0n) is 18.4. The molecule has 2 heterocycles. The fraction of sp³-hybridized carbons (Fsp3) is 0.107. The van der Waals surface area contributed by atoms with Gasteiger partial charge in [-0.15, -0.1) is 0 Å². The topological polar surface area (TPSA) is 54.9 Å². The molecule has 0 spiro atoms. The Hall–Kier alpha value is -4.26. The molecule has 6 rings (SSSR count). The number of rotatable bonds is 4. The maximum atomic E-state index is 14.3. The Morgan fingerprint density at radius 1 is 0.743 bits per heavy atom. The van der Waals surface area contributed by atoms with Crippen LogP contribution in [0.5, 0.6) is 0 Å². The molecule has 4 nitrogen and oxygen atoms in total. The van der Waals surface area contributed by atoms with E-state index in [1.54, 1.807) is 30.3 Å². The normalized spacial score (nSPS) is 13.3. The van der Waals surface area contributed by atoms with Gasteiger partial charge in [0.1, 0.15) is 17.5 Å². The Balaban J connectivity index is 1.62. The summed E-state index contributed by atoms with van der Waals surface area (Å²) < 4.78 is 42.3. The SMILES string of the molecule is O=C(NC1CC1)c1cc(-c2cc(-c3cccc(F)c3)nc3ccc(F)cc23)nc2ccc(F)cc12. The quantitative estimate of drug-likeness (QED) is 0.330. The number of pyridine rings is 2. The van der Waals surface area contributed by atoms with Crippen molar-refractivity contribution in [2.24, 2.45) is 0 Å². The van der Waals surface area contributed by atoms with Crippen LogP contribution in [-0.2, 0) is 0 Å². The minimum Gasteiger partial charge on any atom is -0.349 e. The van der Waals surface area contributed by atoms with E-state index < -0.39 is 17.5 Å². The second kappa shape index (κ2) is 8.20. The second-order valence-corrected chi connectivity index (χ2v) is 8.69. The van der Waals surface area contributed by atoms with E-state index in [1.807, 2.05) is 0 Å². The van der Waals surface area contributed by atoms with Crippen LogP contribution in [0.1, 0.15) is 23.2 Å². The molecule has 1 aliphatic rings. The Morgan fingerprint density at radius 3 is 2.11 bits per heavy atom. The van der Waals surface area contributed by atoms with E-state index in [4.69, 9.17) is 0 Å². The average Bonchev–Trinajstić information content (AvgIpc) is 3.66. The maximum Gasteiger partial charge on any atom is 0.252 e. The summed E-state index contributed by atoms with van der Waals surface area (Å²) >= 11 is 0. The first-order valence-corrected chi connectivity index (χ1v) is 11.2. The fourth-order valence-corrected chi connectivity index (χ4v) is 4.22. The lowest BCUT2D eigenvalue weighted by atomic mass is 9.98. The molecule has 0 unspecified atom stereocenters. The molecule has 1 amide bonds. The zero-order chi connectivity index (χ0) is 24.1. The summed E-state index contributed by atoms with van der Waals surface area (Å²) in [5, 5.41) is 3.83. The van der Waals surface area contributed by atoms with E-state index in [9.17, 15) is 18.0 Å². The number of nitrogens with zero attached hydrogens (tertiary/aromatic N) is 2. The molecule has 0 radical (unpaired) electrons. The molecule has 7 heteroatoms. The number of halogens is 3. The minimum absolute atomic E-state index is 0.109. The van der Waals surface area contributed by atoms with Gasteiger partial charge in [-0.3, -0.25) is 4.79 Å². The van der Waals surface area contributed by atoms with Crippen molar-refractivity contribution in [3.8, 4) is 22.5 Å². The van der Waals surface area contributed by atoms with Crippen molar-refractivity contribution < 1.29 is 18.0 Å². The summed E-state index contributed by atoms with van der Waals surface area (Å²) in [4.78, 5) is 22.4. The van der Waals surface area contributed by atoms with Crippen LogP contribution in [0.15, 0.2) is 72.8 Å². The molecule has 1 N–H and O–H groups in total. The molecule has 5 aromatic rings. The monoisotopic (exact) mass is 469 g/mol. The molecule has 35 heavy (non-hydrogen) atoms. The van der Waals surface area contributed by atoms with Crippen LogP contribution in [0.4, 0.5) is 13.2 Å². The summed E-state index contributed by atoms with van der Waals surface area (Å²) in [6, 6.07) is 17.7. The number of carbonyl (C=O) groups is 1. The van der Waals surface area contributed by atoms with E-state index in [0.29, 0.717) is 44.3 Å². The summed E-state index contributed by atoms with van der Waals surface area (Å²) in [7, 11) is 0. The van der Waals surface area contributed by atoms with Crippen LogP contribution < -0.4 is 5.32 Å². The Labute approximate surface area is 198 Å². The van der Waals surface area contributed by atoms with Gasteiger partial charge >= 0.3 is 0 Å². The van der Waals surface area contributed by atoms with Gasteiger partial charge in [-0.2, -0.15) is 0 Å². The first-order valence-electron chi connectivity index (χ1n) is 11.2. The molecule has 1 fully saturated rings. The van der Waals surface area contributed by atoms with Gasteiger partial charge in [0.05, 0.1) is 28.0 Å². The number of aromatic nitrogens is 2. The number of fused-ring (bicyclic) bond motifs is 2. The summed E-state index contributed by atoms with van der Waals surface area (Å²) in [5.41, 5.74) is 3.16. The third-order valence-corrected chi connectivity index (χ3v) is 6.09. The molecular weight excluding hydrogens is 451 g/mol. The lowest BCUT2D eigenvalue weighted by molar-refractivity contribution is 0.0952. The Kier molecular flexibility index (Phi) is 4.99. The van der Waals surface area contributed by atoms with E-state index in [2.05, 4.69) is 15.3 Å². The molecule has 0 bridgehead atoms.